The molecule has 7 heteroatoms. The van der Waals surface area contributed by atoms with Gasteiger partial charge >= 0.3 is 6.09 Å². The van der Waals surface area contributed by atoms with E-state index in [4.69, 9.17) is 10.5 Å². The Bertz CT molecular complexity index is 437. The second-order valence-electron chi connectivity index (χ2n) is 6.39. The smallest absolute Gasteiger partial charge is 0.410 e. The highest BCUT2D eigenvalue weighted by molar-refractivity contribution is 5.88. The molecule has 0 bridgehead atoms. The van der Waals surface area contributed by atoms with Crippen molar-refractivity contribution in [3.05, 3.63) is 0 Å². The van der Waals surface area contributed by atoms with Crippen LogP contribution in [-0.4, -0.2) is 59.0 Å². The van der Waals surface area contributed by atoms with E-state index in [1.165, 1.54) is 0 Å². The monoisotopic (exact) mass is 283 g/mol. The number of nitrogens with zero attached hydrogens (tertiary/aromatic N) is 2. The first-order valence-electron chi connectivity index (χ1n) is 6.74. The molecule has 2 heterocycles. The molecule has 0 spiro atoms. The van der Waals surface area contributed by atoms with Crippen LogP contribution in [0.5, 0.6) is 0 Å². The van der Waals surface area contributed by atoms with Crippen molar-refractivity contribution < 1.29 is 19.1 Å². The SMILES string of the molecule is CC(C)(C)OC(=O)N1CC(N2CC(C(N)=O)CC2=O)C1. The van der Waals surface area contributed by atoms with E-state index in [0.717, 1.165) is 0 Å². The Hall–Kier alpha value is -1.79. The molecule has 2 aliphatic heterocycles. The molecule has 7 nitrogen and oxygen atoms in total. The van der Waals surface area contributed by atoms with Gasteiger partial charge in [0.1, 0.15) is 5.60 Å². The molecule has 0 aromatic heterocycles. The summed E-state index contributed by atoms with van der Waals surface area (Å²) < 4.78 is 5.25. The summed E-state index contributed by atoms with van der Waals surface area (Å²) in [5.74, 6) is -0.912. The fourth-order valence-electron chi connectivity index (χ4n) is 2.40. The third-order valence-corrected chi connectivity index (χ3v) is 3.52. The molecule has 3 amide bonds. The zero-order valence-electron chi connectivity index (χ0n) is 12.1. The molecule has 0 radical (unpaired) electrons. The van der Waals surface area contributed by atoms with Crippen LogP contribution >= 0.6 is 0 Å². The molecule has 0 saturated carbocycles. The quantitative estimate of drug-likeness (QED) is 0.768. The van der Waals surface area contributed by atoms with Gasteiger partial charge in [-0.15, -0.1) is 0 Å². The molecule has 1 unspecified atom stereocenters. The van der Waals surface area contributed by atoms with Gasteiger partial charge in [-0.2, -0.15) is 0 Å². The van der Waals surface area contributed by atoms with Gasteiger partial charge in [0.2, 0.25) is 11.8 Å². The van der Waals surface area contributed by atoms with Crippen LogP contribution in [0.25, 0.3) is 0 Å². The second kappa shape index (κ2) is 4.96. The van der Waals surface area contributed by atoms with Crippen LogP contribution in [0.3, 0.4) is 0 Å². The number of rotatable bonds is 2. The first-order chi connectivity index (χ1) is 9.17. The average Bonchev–Trinajstić information content (AvgIpc) is 2.56. The minimum absolute atomic E-state index is 0.0284. The van der Waals surface area contributed by atoms with Crippen molar-refractivity contribution in [2.45, 2.75) is 38.8 Å². The van der Waals surface area contributed by atoms with E-state index in [1.54, 1.807) is 9.80 Å². The number of hydrogen-bond donors (Lipinski definition) is 1. The Morgan fingerprint density at radius 3 is 2.30 bits per heavy atom. The maximum atomic E-state index is 11.8. The van der Waals surface area contributed by atoms with Crippen LogP contribution in [0.4, 0.5) is 4.79 Å². The molecule has 1 atom stereocenters. The van der Waals surface area contributed by atoms with E-state index in [9.17, 15) is 14.4 Å². The van der Waals surface area contributed by atoms with E-state index in [-0.39, 0.29) is 24.5 Å². The van der Waals surface area contributed by atoms with Gasteiger partial charge < -0.3 is 20.3 Å². The number of nitrogens with two attached hydrogens (primary N) is 1. The fourth-order valence-corrected chi connectivity index (χ4v) is 2.40. The zero-order valence-corrected chi connectivity index (χ0v) is 12.1. The number of amides is 3. The molecule has 0 aromatic rings. The summed E-state index contributed by atoms with van der Waals surface area (Å²) in [6, 6.07) is -0.0284. The Morgan fingerprint density at radius 2 is 1.85 bits per heavy atom. The number of carbonyl (C=O) groups excluding carboxylic acids is 3. The highest BCUT2D eigenvalue weighted by Crippen LogP contribution is 2.25. The van der Waals surface area contributed by atoms with Crippen LogP contribution in [0, 0.1) is 5.92 Å². The van der Waals surface area contributed by atoms with Crippen molar-refractivity contribution in [3.8, 4) is 0 Å². The van der Waals surface area contributed by atoms with Crippen molar-refractivity contribution in [1.29, 1.82) is 0 Å². The summed E-state index contributed by atoms with van der Waals surface area (Å²) in [7, 11) is 0. The average molecular weight is 283 g/mol. The fraction of sp³-hybridized carbons (Fsp3) is 0.769. The van der Waals surface area contributed by atoms with Crippen molar-refractivity contribution in [1.82, 2.24) is 9.80 Å². The lowest BCUT2D eigenvalue weighted by atomic mass is 10.1. The first kappa shape index (κ1) is 14.6. The third-order valence-electron chi connectivity index (χ3n) is 3.52. The summed E-state index contributed by atoms with van der Waals surface area (Å²) in [6.07, 6.45) is -0.190. The molecule has 2 aliphatic rings. The highest BCUT2D eigenvalue weighted by Gasteiger charge is 2.43. The van der Waals surface area contributed by atoms with Crippen molar-refractivity contribution in [2.75, 3.05) is 19.6 Å². The molecule has 2 rings (SSSR count). The lowest BCUT2D eigenvalue weighted by molar-refractivity contribution is -0.133. The van der Waals surface area contributed by atoms with Gasteiger partial charge in [0.15, 0.2) is 0 Å². The number of hydrogen-bond acceptors (Lipinski definition) is 4. The second-order valence-corrected chi connectivity index (χ2v) is 6.39. The Morgan fingerprint density at radius 1 is 1.25 bits per heavy atom. The predicted molar refractivity (Wildman–Crippen MR) is 70.6 cm³/mol. The van der Waals surface area contributed by atoms with Crippen LogP contribution in [0.1, 0.15) is 27.2 Å². The molecule has 0 aliphatic carbocycles. The first-order valence-corrected chi connectivity index (χ1v) is 6.74. The minimum Gasteiger partial charge on any atom is -0.444 e. The Kier molecular flexibility index (Phi) is 3.62. The topological polar surface area (TPSA) is 92.9 Å². The number of primary amides is 1. The Labute approximate surface area is 118 Å². The third kappa shape index (κ3) is 3.02. The van der Waals surface area contributed by atoms with Crippen LogP contribution in [-0.2, 0) is 14.3 Å². The molecule has 112 valence electrons. The summed E-state index contributed by atoms with van der Waals surface area (Å²) in [5, 5.41) is 0. The van der Waals surface area contributed by atoms with Gasteiger partial charge in [-0.1, -0.05) is 0 Å². The number of ether oxygens (including phenoxy) is 1. The number of likely N-dealkylation sites (tertiary alicyclic amines) is 2. The largest absolute Gasteiger partial charge is 0.444 e. The standard InChI is InChI=1S/C13H21N3O4/c1-13(2,3)20-12(19)15-6-9(7-15)16-5-8(11(14)18)4-10(16)17/h8-9H,4-7H2,1-3H3,(H2,14,18). The van der Waals surface area contributed by atoms with E-state index < -0.39 is 17.4 Å². The van der Waals surface area contributed by atoms with Crippen molar-refractivity contribution in [2.24, 2.45) is 11.7 Å². The van der Waals surface area contributed by atoms with Gasteiger partial charge in [0, 0.05) is 26.1 Å². The molecule has 2 saturated heterocycles. The normalized spacial score (nSPS) is 23.8. The van der Waals surface area contributed by atoms with Crippen molar-refractivity contribution >= 4 is 17.9 Å². The highest BCUT2D eigenvalue weighted by atomic mass is 16.6. The summed E-state index contributed by atoms with van der Waals surface area (Å²) >= 11 is 0. The molecular formula is C13H21N3O4. The molecule has 2 fully saturated rings. The minimum atomic E-state index is -0.525. The van der Waals surface area contributed by atoms with Gasteiger partial charge in [-0.25, -0.2) is 4.79 Å². The van der Waals surface area contributed by atoms with Gasteiger partial charge in [0.25, 0.3) is 0 Å². The van der Waals surface area contributed by atoms with Gasteiger partial charge in [-0.3, -0.25) is 9.59 Å². The van der Waals surface area contributed by atoms with E-state index >= 15 is 0 Å². The lowest BCUT2D eigenvalue weighted by Gasteiger charge is -2.44. The maximum absolute atomic E-state index is 11.8. The molecule has 20 heavy (non-hydrogen) atoms. The summed E-state index contributed by atoms with van der Waals surface area (Å²) in [5.41, 5.74) is 4.70. The molecular weight excluding hydrogens is 262 g/mol. The Balaban J connectivity index is 1.83. The van der Waals surface area contributed by atoms with Gasteiger partial charge in [-0.05, 0) is 20.8 Å². The number of carbonyl (C=O) groups is 3. The van der Waals surface area contributed by atoms with E-state index in [2.05, 4.69) is 0 Å². The van der Waals surface area contributed by atoms with Crippen LogP contribution in [0.15, 0.2) is 0 Å². The predicted octanol–water partition coefficient (Wildman–Crippen LogP) is -0.0605. The van der Waals surface area contributed by atoms with Crippen LogP contribution in [0.2, 0.25) is 0 Å². The van der Waals surface area contributed by atoms with Crippen LogP contribution < -0.4 is 5.73 Å². The maximum Gasteiger partial charge on any atom is 0.410 e. The summed E-state index contributed by atoms with van der Waals surface area (Å²) in [4.78, 5) is 37.9. The van der Waals surface area contributed by atoms with E-state index in [0.29, 0.717) is 19.6 Å². The van der Waals surface area contributed by atoms with E-state index in [1.807, 2.05) is 20.8 Å². The van der Waals surface area contributed by atoms with Gasteiger partial charge in [0.05, 0.1) is 12.0 Å². The molecule has 0 aromatic carbocycles. The summed E-state index contributed by atoms with van der Waals surface area (Å²) in [6.45, 7) is 6.69. The van der Waals surface area contributed by atoms with Crippen molar-refractivity contribution in [3.63, 3.8) is 0 Å². The lowest BCUT2D eigenvalue weighted by Crippen LogP contribution is -2.62. The molecule has 2 N–H and O–H groups in total. The zero-order chi connectivity index (χ0) is 15.1.